The smallest absolute Gasteiger partial charge is 0.408 e. The quantitative estimate of drug-likeness (QED) is 0.560. The summed E-state index contributed by atoms with van der Waals surface area (Å²) in [6.07, 6.45) is 0.786. The molecular weight excluding hydrogens is 468 g/mol. The average Bonchev–Trinajstić information content (AvgIpc) is 2.71. The Morgan fingerprint density at radius 3 is 2.39 bits per heavy atom. The average molecular weight is 499 g/mol. The van der Waals surface area contributed by atoms with Crippen LogP contribution in [0.1, 0.15) is 39.2 Å². The largest absolute Gasteiger partial charge is 0.467 e. The van der Waals surface area contributed by atoms with Crippen LogP contribution in [-0.4, -0.2) is 56.0 Å². The van der Waals surface area contributed by atoms with Crippen molar-refractivity contribution in [3.63, 3.8) is 0 Å². The van der Waals surface area contributed by atoms with Crippen molar-refractivity contribution in [2.24, 2.45) is 5.92 Å². The SMILES string of the molecule is COC(=O)C(Cc1ccccc1Br)NC(=O)C(NC(=O)OC(C)(C)C)C1CCOCC1. The zero-order valence-corrected chi connectivity index (χ0v) is 20.0. The number of alkyl carbamates (subject to hydrolysis) is 1. The molecule has 0 bridgehead atoms. The number of ether oxygens (including phenoxy) is 3. The first-order valence-electron chi connectivity index (χ1n) is 10.3. The van der Waals surface area contributed by atoms with E-state index in [2.05, 4.69) is 26.6 Å². The summed E-state index contributed by atoms with van der Waals surface area (Å²) in [5.41, 5.74) is 0.149. The fourth-order valence-electron chi connectivity index (χ4n) is 3.36. The number of esters is 1. The van der Waals surface area contributed by atoms with Crippen LogP contribution < -0.4 is 10.6 Å². The first kappa shape index (κ1) is 25.1. The molecule has 0 aromatic heterocycles. The normalized spacial score (nSPS) is 16.7. The van der Waals surface area contributed by atoms with Crippen LogP contribution >= 0.6 is 15.9 Å². The van der Waals surface area contributed by atoms with Crippen LogP contribution in [0.15, 0.2) is 28.7 Å². The molecule has 1 aromatic carbocycles. The maximum atomic E-state index is 13.2. The van der Waals surface area contributed by atoms with Crippen LogP contribution in [0.3, 0.4) is 0 Å². The van der Waals surface area contributed by atoms with Gasteiger partial charge in [0.25, 0.3) is 0 Å². The van der Waals surface area contributed by atoms with Gasteiger partial charge in [0.1, 0.15) is 17.7 Å². The molecular formula is C22H31BrN2O6. The second-order valence-electron chi connectivity index (χ2n) is 8.45. The van der Waals surface area contributed by atoms with Crippen molar-refractivity contribution in [1.82, 2.24) is 10.6 Å². The topological polar surface area (TPSA) is 103 Å². The van der Waals surface area contributed by atoms with Crippen molar-refractivity contribution < 1.29 is 28.6 Å². The lowest BCUT2D eigenvalue weighted by atomic mass is 9.90. The van der Waals surface area contributed by atoms with E-state index < -0.39 is 35.7 Å². The predicted molar refractivity (Wildman–Crippen MR) is 118 cm³/mol. The Balaban J connectivity index is 2.18. The van der Waals surface area contributed by atoms with E-state index in [0.717, 1.165) is 10.0 Å². The molecule has 2 unspecified atom stereocenters. The highest BCUT2D eigenvalue weighted by Gasteiger charge is 2.35. The Hall–Kier alpha value is -2.13. The molecule has 31 heavy (non-hydrogen) atoms. The Morgan fingerprint density at radius 2 is 1.81 bits per heavy atom. The third kappa shape index (κ3) is 8.14. The number of carbonyl (C=O) groups is 3. The van der Waals surface area contributed by atoms with Crippen LogP contribution in [0.2, 0.25) is 0 Å². The molecule has 1 fully saturated rings. The summed E-state index contributed by atoms with van der Waals surface area (Å²) < 4.78 is 16.4. The number of hydrogen-bond acceptors (Lipinski definition) is 6. The van der Waals surface area contributed by atoms with E-state index in [1.54, 1.807) is 20.8 Å². The van der Waals surface area contributed by atoms with Gasteiger partial charge in [0.15, 0.2) is 0 Å². The number of rotatable bonds is 7. The molecule has 0 saturated carbocycles. The Morgan fingerprint density at radius 1 is 1.16 bits per heavy atom. The summed E-state index contributed by atoms with van der Waals surface area (Å²) >= 11 is 3.46. The molecule has 1 aliphatic heterocycles. The van der Waals surface area contributed by atoms with E-state index in [-0.39, 0.29) is 12.3 Å². The highest BCUT2D eigenvalue weighted by atomic mass is 79.9. The first-order chi connectivity index (χ1) is 14.6. The van der Waals surface area contributed by atoms with E-state index >= 15 is 0 Å². The number of nitrogens with one attached hydrogen (secondary N) is 2. The second kappa shape index (κ2) is 11.5. The summed E-state index contributed by atoms with van der Waals surface area (Å²) in [5.74, 6) is -1.16. The van der Waals surface area contributed by atoms with Gasteiger partial charge in [0, 0.05) is 24.1 Å². The van der Waals surface area contributed by atoms with Crippen LogP contribution in [0.5, 0.6) is 0 Å². The Bertz CT molecular complexity index is 774. The highest BCUT2D eigenvalue weighted by molar-refractivity contribution is 9.10. The van der Waals surface area contributed by atoms with Gasteiger partial charge in [-0.25, -0.2) is 9.59 Å². The minimum absolute atomic E-state index is 0.136. The molecule has 0 aliphatic carbocycles. The number of halogens is 1. The molecule has 0 radical (unpaired) electrons. The fourth-order valence-corrected chi connectivity index (χ4v) is 3.81. The van der Waals surface area contributed by atoms with Crippen LogP contribution in [-0.2, 0) is 30.2 Å². The molecule has 2 N–H and O–H groups in total. The molecule has 9 heteroatoms. The monoisotopic (exact) mass is 498 g/mol. The van der Waals surface area contributed by atoms with E-state index in [1.165, 1.54) is 7.11 Å². The van der Waals surface area contributed by atoms with Crippen molar-refractivity contribution in [3.8, 4) is 0 Å². The van der Waals surface area contributed by atoms with Crippen molar-refractivity contribution in [1.29, 1.82) is 0 Å². The third-order valence-electron chi connectivity index (χ3n) is 4.88. The number of methoxy groups -OCH3 is 1. The lowest BCUT2D eigenvalue weighted by Crippen LogP contribution is -2.56. The summed E-state index contributed by atoms with van der Waals surface area (Å²) in [4.78, 5) is 38.0. The van der Waals surface area contributed by atoms with Gasteiger partial charge in [-0.3, -0.25) is 4.79 Å². The fraction of sp³-hybridized carbons (Fsp3) is 0.591. The molecule has 2 rings (SSSR count). The minimum Gasteiger partial charge on any atom is -0.467 e. The van der Waals surface area contributed by atoms with Gasteiger partial charge in [-0.15, -0.1) is 0 Å². The van der Waals surface area contributed by atoms with E-state index in [9.17, 15) is 14.4 Å². The highest BCUT2D eigenvalue weighted by Crippen LogP contribution is 2.21. The number of carbonyl (C=O) groups excluding carboxylic acids is 3. The van der Waals surface area contributed by atoms with E-state index in [0.29, 0.717) is 26.1 Å². The van der Waals surface area contributed by atoms with Gasteiger partial charge >= 0.3 is 12.1 Å². The Kier molecular flexibility index (Phi) is 9.31. The molecule has 172 valence electrons. The van der Waals surface area contributed by atoms with Crippen molar-refractivity contribution in [3.05, 3.63) is 34.3 Å². The van der Waals surface area contributed by atoms with Crippen molar-refractivity contribution in [2.75, 3.05) is 20.3 Å². The maximum Gasteiger partial charge on any atom is 0.408 e. The minimum atomic E-state index is -0.904. The van der Waals surface area contributed by atoms with Gasteiger partial charge in [0.2, 0.25) is 5.91 Å². The molecule has 1 heterocycles. The summed E-state index contributed by atoms with van der Waals surface area (Å²) in [5, 5.41) is 5.45. The molecule has 2 atom stereocenters. The molecule has 1 aromatic rings. The summed E-state index contributed by atoms with van der Waals surface area (Å²) in [6.45, 7) is 6.26. The molecule has 2 amide bonds. The predicted octanol–water partition coefficient (Wildman–Crippen LogP) is 2.97. The summed E-state index contributed by atoms with van der Waals surface area (Å²) in [7, 11) is 1.27. The number of amides is 2. The van der Waals surface area contributed by atoms with Crippen LogP contribution in [0.25, 0.3) is 0 Å². The number of benzene rings is 1. The molecule has 1 aliphatic rings. The lowest BCUT2D eigenvalue weighted by molar-refractivity contribution is -0.145. The summed E-state index contributed by atoms with van der Waals surface area (Å²) in [6, 6.07) is 5.68. The zero-order valence-electron chi connectivity index (χ0n) is 18.4. The van der Waals surface area contributed by atoms with Crippen LogP contribution in [0, 0.1) is 5.92 Å². The van der Waals surface area contributed by atoms with E-state index in [1.807, 2.05) is 24.3 Å². The van der Waals surface area contributed by atoms with Gasteiger partial charge in [0.05, 0.1) is 7.11 Å². The zero-order chi connectivity index (χ0) is 23.0. The van der Waals surface area contributed by atoms with Gasteiger partial charge < -0.3 is 24.8 Å². The molecule has 8 nitrogen and oxygen atoms in total. The lowest BCUT2D eigenvalue weighted by Gasteiger charge is -2.31. The Labute approximate surface area is 191 Å². The van der Waals surface area contributed by atoms with Crippen molar-refractivity contribution in [2.45, 2.75) is 57.7 Å². The first-order valence-corrected chi connectivity index (χ1v) is 11.1. The van der Waals surface area contributed by atoms with Crippen molar-refractivity contribution >= 4 is 33.9 Å². The molecule has 0 spiro atoms. The second-order valence-corrected chi connectivity index (χ2v) is 9.31. The van der Waals surface area contributed by atoms with E-state index in [4.69, 9.17) is 14.2 Å². The van der Waals surface area contributed by atoms with Gasteiger partial charge in [-0.1, -0.05) is 34.1 Å². The van der Waals surface area contributed by atoms with Gasteiger partial charge in [-0.2, -0.15) is 0 Å². The molecule has 1 saturated heterocycles. The van der Waals surface area contributed by atoms with Crippen LogP contribution in [0.4, 0.5) is 4.79 Å². The number of hydrogen-bond donors (Lipinski definition) is 2. The third-order valence-corrected chi connectivity index (χ3v) is 5.65. The standard InChI is InChI=1S/C22H31BrN2O6/c1-22(2,3)31-21(28)25-18(14-9-11-30-12-10-14)19(26)24-17(20(27)29-4)13-15-7-5-6-8-16(15)23/h5-8,14,17-18H,9-13H2,1-4H3,(H,24,26)(H,25,28). The van der Waals surface area contributed by atoms with Gasteiger partial charge in [-0.05, 0) is 51.2 Å². The maximum absolute atomic E-state index is 13.2.